The van der Waals surface area contributed by atoms with Gasteiger partial charge in [0.25, 0.3) is 0 Å². The van der Waals surface area contributed by atoms with Crippen LogP contribution in [0.25, 0.3) is 0 Å². The third kappa shape index (κ3) is 4.87. The maximum atomic E-state index is 15.0. The summed E-state index contributed by atoms with van der Waals surface area (Å²) >= 11 is 0. The molecule has 5 N–H and O–H groups in total. The van der Waals surface area contributed by atoms with Gasteiger partial charge in [0.1, 0.15) is 29.0 Å². The molecule has 12 heteroatoms. The van der Waals surface area contributed by atoms with E-state index in [1.54, 1.807) is 6.92 Å². The molecule has 12 aliphatic rings. The molecule has 12 nitrogen and oxygen atoms in total. The molecule has 3 spiro atoms. The molecule has 360 valence electrons. The summed E-state index contributed by atoms with van der Waals surface area (Å²) in [5, 5.41) is 59.7. The molecule has 8 aliphatic carbocycles. The van der Waals surface area contributed by atoms with Gasteiger partial charge in [-0.15, -0.1) is 0 Å². The molecule has 0 bridgehead atoms. The van der Waals surface area contributed by atoms with Gasteiger partial charge in [0.05, 0.1) is 58.9 Å². The topological polar surface area (TPSA) is 181 Å². The highest BCUT2D eigenvalue weighted by Gasteiger charge is 2.79. The molecule has 0 radical (unpaired) electrons. The Balaban J connectivity index is 0.767. The Morgan fingerprint density at radius 1 is 0.758 bits per heavy atom. The minimum Gasteiger partial charge on any atom is -0.393 e. The molecule has 4 saturated heterocycles. The predicted octanol–water partition coefficient (Wildman–Crippen LogP) is 5.65. The summed E-state index contributed by atoms with van der Waals surface area (Å²) in [6.45, 7) is 16.7. The van der Waals surface area contributed by atoms with Crippen molar-refractivity contribution in [3.05, 3.63) is 46.1 Å². The van der Waals surface area contributed by atoms with E-state index in [0.717, 1.165) is 98.1 Å². The number of aliphatic hydroxyl groups excluding tert-OH is 3. The summed E-state index contributed by atoms with van der Waals surface area (Å²) in [7, 11) is 0. The SMILES string of the molecule is C[C@@H]1[C@]2(O[C@H]3C=C4[C@@H]5CC[C@H]6Cc7nc8c(nc7C[C@]6(C)[C@H]5C[C@@H](O)[C@]4(C)[C@]31O)C[C@@H]1CC[C@H]3C4=CC[C@]5(O)[C@H](C)[C@]6(CCC(C)(C)O6)OC[C@]45C(=O)C[C@@H]3[C@@]1(C)C8)O[C@](C)(CO)C[C@H]2O. The van der Waals surface area contributed by atoms with E-state index in [-0.39, 0.29) is 71.4 Å². The summed E-state index contributed by atoms with van der Waals surface area (Å²) in [4.78, 5) is 26.1. The molecule has 20 atom stereocenters. The van der Waals surface area contributed by atoms with Crippen LogP contribution in [0.3, 0.4) is 0 Å². The molecular weight excluding hydrogens is 837 g/mol. The summed E-state index contributed by atoms with van der Waals surface area (Å²) in [5.74, 6) is -1.70. The average Bonchev–Trinajstić information content (AvgIpc) is 3.98. The van der Waals surface area contributed by atoms with Crippen LogP contribution in [0.5, 0.6) is 0 Å². The van der Waals surface area contributed by atoms with Crippen LogP contribution in [-0.2, 0) is 49.4 Å². The number of carbonyl (C=O) groups excluding carboxylic acids is 1. The molecule has 66 heavy (non-hydrogen) atoms. The van der Waals surface area contributed by atoms with Gasteiger partial charge in [-0.05, 0) is 138 Å². The third-order valence-corrected chi connectivity index (χ3v) is 23.1. The number of ketones is 1. The van der Waals surface area contributed by atoms with Crippen LogP contribution in [0.4, 0.5) is 0 Å². The first kappa shape index (κ1) is 43.9. The standard InChI is InChI=1S/C54H74N2O10/c1-27-51(61)14-13-33-31-11-9-29-17-37-40(23-48(29,7)35(31)20-42(59)50(33,51)26-63-52(27)16-15-45(3,4)65-52)56-38-18-30-10-12-32-34(47(30,6)22-39(38)55-37)19-41(58)49(8)36(32)21-44-53(49,62)28(2)54(64-44)43(60)24-46(5,25-57)66-54/h13,21,27-32,34-35,41,43-44,57-58,60-62H,9-12,14-20,22-26H2,1-8H3/t27-,28-,29-,30-,31-,32+,34-,35-,41+,43+,44-,46-,47-,48-,49+,50+,51-,52+,53+,54-/m0/s1. The molecule has 13 rings (SSSR count). The van der Waals surface area contributed by atoms with E-state index >= 15 is 0 Å². The highest BCUT2D eigenvalue weighted by atomic mass is 16.7. The van der Waals surface area contributed by atoms with Crippen LogP contribution < -0.4 is 0 Å². The number of carbonyl (C=O) groups is 1. The number of ether oxygens (including phenoxy) is 4. The van der Waals surface area contributed by atoms with Crippen LogP contribution in [-0.4, -0.2) is 107 Å². The normalized spacial score (nSPS) is 56.8. The summed E-state index contributed by atoms with van der Waals surface area (Å²) in [6, 6.07) is 0. The fourth-order valence-electron chi connectivity index (χ4n) is 19.1. The first-order valence-corrected chi connectivity index (χ1v) is 25.9. The van der Waals surface area contributed by atoms with Crippen molar-refractivity contribution < 1.29 is 49.3 Å². The zero-order chi connectivity index (χ0) is 46.4. The lowest BCUT2D eigenvalue weighted by Crippen LogP contribution is -2.71. The van der Waals surface area contributed by atoms with Crippen molar-refractivity contribution in [3.8, 4) is 0 Å². The van der Waals surface area contributed by atoms with Crippen molar-refractivity contribution in [3.63, 3.8) is 0 Å². The predicted molar refractivity (Wildman–Crippen MR) is 240 cm³/mol. The van der Waals surface area contributed by atoms with E-state index in [9.17, 15) is 30.3 Å². The zero-order valence-electron chi connectivity index (χ0n) is 40.5. The Morgan fingerprint density at radius 3 is 2.00 bits per heavy atom. The molecule has 8 fully saturated rings. The van der Waals surface area contributed by atoms with Crippen LogP contribution in [0, 0.1) is 69.0 Å². The molecule has 0 amide bonds. The Hall–Kier alpha value is -2.13. The lowest BCUT2D eigenvalue weighted by molar-refractivity contribution is -0.346. The number of rotatable bonds is 1. The second-order valence-corrected chi connectivity index (χ2v) is 26.1. The molecule has 0 aromatic carbocycles. The fourth-order valence-corrected chi connectivity index (χ4v) is 19.1. The second kappa shape index (κ2) is 13.0. The van der Waals surface area contributed by atoms with E-state index in [1.807, 2.05) is 13.8 Å². The van der Waals surface area contributed by atoms with Crippen LogP contribution >= 0.6 is 0 Å². The van der Waals surface area contributed by atoms with Gasteiger partial charge in [-0.3, -0.25) is 14.8 Å². The number of Topliss-reactive ketones (excluding diaryl/α,β-unsaturated/α-hetero) is 1. The molecule has 1 aromatic heterocycles. The summed E-state index contributed by atoms with van der Waals surface area (Å²) < 4.78 is 26.4. The van der Waals surface area contributed by atoms with Gasteiger partial charge in [-0.25, -0.2) is 0 Å². The molecule has 1 aromatic rings. The van der Waals surface area contributed by atoms with Crippen molar-refractivity contribution in [2.45, 2.75) is 198 Å². The molecule has 4 aliphatic heterocycles. The van der Waals surface area contributed by atoms with E-state index in [0.29, 0.717) is 31.1 Å². The van der Waals surface area contributed by atoms with Crippen molar-refractivity contribution in [2.75, 3.05) is 13.2 Å². The Labute approximate surface area is 389 Å². The van der Waals surface area contributed by atoms with Crippen molar-refractivity contribution >= 4 is 5.78 Å². The second-order valence-electron chi connectivity index (χ2n) is 26.1. The van der Waals surface area contributed by atoms with E-state index in [4.69, 9.17) is 28.9 Å². The van der Waals surface area contributed by atoms with Crippen LogP contribution in [0.1, 0.15) is 142 Å². The summed E-state index contributed by atoms with van der Waals surface area (Å²) in [5.41, 5.74) is 0.379. The number of aromatic nitrogens is 2. The van der Waals surface area contributed by atoms with Crippen LogP contribution in [0.15, 0.2) is 23.3 Å². The number of hydrogen-bond acceptors (Lipinski definition) is 12. The van der Waals surface area contributed by atoms with Gasteiger partial charge in [0.2, 0.25) is 5.79 Å². The quantitative estimate of drug-likeness (QED) is 0.219. The van der Waals surface area contributed by atoms with E-state index in [2.05, 4.69) is 46.8 Å². The average molecular weight is 911 g/mol. The third-order valence-electron chi connectivity index (χ3n) is 23.1. The lowest BCUT2D eigenvalue weighted by atomic mass is 9.44. The molecule has 5 heterocycles. The van der Waals surface area contributed by atoms with Gasteiger partial charge >= 0.3 is 0 Å². The minimum atomic E-state index is -1.50. The first-order valence-electron chi connectivity index (χ1n) is 25.9. The maximum Gasteiger partial charge on any atom is 0.201 e. The number of nitrogens with zero attached hydrogens (tertiary/aromatic N) is 2. The molecule has 0 unspecified atom stereocenters. The Kier molecular flexibility index (Phi) is 8.66. The van der Waals surface area contributed by atoms with Crippen molar-refractivity contribution in [1.82, 2.24) is 9.97 Å². The van der Waals surface area contributed by atoms with Crippen LogP contribution in [0.2, 0.25) is 0 Å². The highest BCUT2D eigenvalue weighted by Crippen LogP contribution is 2.73. The Bertz CT molecular complexity index is 2400. The first-order chi connectivity index (χ1) is 31.0. The smallest absolute Gasteiger partial charge is 0.201 e. The highest BCUT2D eigenvalue weighted by molar-refractivity contribution is 5.92. The van der Waals surface area contributed by atoms with Gasteiger partial charge in [0, 0.05) is 36.5 Å². The number of fused-ring (bicyclic) bond motifs is 13. The number of aliphatic hydroxyl groups is 5. The molecular formula is C54H74N2O10. The Morgan fingerprint density at radius 2 is 1.39 bits per heavy atom. The van der Waals surface area contributed by atoms with Gasteiger partial charge in [-0.1, -0.05) is 57.9 Å². The monoisotopic (exact) mass is 911 g/mol. The largest absolute Gasteiger partial charge is 0.393 e. The molecule has 4 saturated carbocycles. The zero-order valence-corrected chi connectivity index (χ0v) is 40.5. The number of hydrogen-bond donors (Lipinski definition) is 5. The van der Waals surface area contributed by atoms with Crippen molar-refractivity contribution in [2.24, 2.45) is 69.0 Å². The maximum absolute atomic E-state index is 15.0. The lowest BCUT2D eigenvalue weighted by Gasteiger charge is -2.62. The summed E-state index contributed by atoms with van der Waals surface area (Å²) in [6.07, 6.45) is 12.3. The van der Waals surface area contributed by atoms with E-state index in [1.165, 1.54) is 0 Å². The minimum absolute atomic E-state index is 0.122. The van der Waals surface area contributed by atoms with Crippen molar-refractivity contribution in [1.29, 1.82) is 0 Å². The van der Waals surface area contributed by atoms with Gasteiger partial charge in [-0.2, -0.15) is 0 Å². The van der Waals surface area contributed by atoms with Gasteiger partial charge in [0.15, 0.2) is 5.79 Å². The van der Waals surface area contributed by atoms with E-state index < -0.39 is 63.4 Å². The fraction of sp³-hybridized carbons (Fsp3) is 0.833. The van der Waals surface area contributed by atoms with Gasteiger partial charge < -0.3 is 44.5 Å².